The van der Waals surface area contributed by atoms with Gasteiger partial charge in [0.1, 0.15) is 11.5 Å². The lowest BCUT2D eigenvalue weighted by atomic mass is 10.2. The van der Waals surface area contributed by atoms with Crippen molar-refractivity contribution in [3.8, 4) is 0 Å². The van der Waals surface area contributed by atoms with E-state index in [0.717, 1.165) is 37.4 Å². The summed E-state index contributed by atoms with van der Waals surface area (Å²) >= 11 is 0. The highest BCUT2D eigenvalue weighted by molar-refractivity contribution is 5.74. The van der Waals surface area contributed by atoms with Gasteiger partial charge in [0.15, 0.2) is 6.29 Å². The van der Waals surface area contributed by atoms with E-state index in [4.69, 9.17) is 0 Å². The molecule has 2 heterocycles. The van der Waals surface area contributed by atoms with Crippen LogP contribution in [0.2, 0.25) is 0 Å². The van der Waals surface area contributed by atoms with Gasteiger partial charge in [-0.25, -0.2) is 4.98 Å². The third-order valence-electron chi connectivity index (χ3n) is 2.89. The summed E-state index contributed by atoms with van der Waals surface area (Å²) in [6.45, 7) is 7.03. The average Bonchev–Trinajstić information content (AvgIpc) is 2.55. The smallest absolute Gasteiger partial charge is 0.170 e. The first kappa shape index (κ1) is 10.4. The number of fused-ring (bicyclic) bond motifs is 1. The molecule has 2 rings (SSSR count). The van der Waals surface area contributed by atoms with Crippen LogP contribution < -0.4 is 0 Å². The Balaban J connectivity index is 2.49. The van der Waals surface area contributed by atoms with E-state index in [1.165, 1.54) is 0 Å². The standard InChI is InChI=1S/C11H17N3O/c1-8(2)11-12-9(7-15)10-6-13(3)4-5-14(10)11/h7-8H,4-6H2,1-3H3. The van der Waals surface area contributed by atoms with Crippen molar-refractivity contribution in [3.63, 3.8) is 0 Å². The van der Waals surface area contributed by atoms with Crippen molar-refractivity contribution < 1.29 is 4.79 Å². The first-order valence-corrected chi connectivity index (χ1v) is 5.36. The zero-order chi connectivity index (χ0) is 11.0. The van der Waals surface area contributed by atoms with E-state index in [1.807, 2.05) is 0 Å². The molecule has 82 valence electrons. The molecule has 0 fully saturated rings. The number of rotatable bonds is 2. The van der Waals surface area contributed by atoms with Gasteiger partial charge < -0.3 is 4.57 Å². The summed E-state index contributed by atoms with van der Waals surface area (Å²) in [5.74, 6) is 1.42. The van der Waals surface area contributed by atoms with Crippen LogP contribution >= 0.6 is 0 Å². The number of nitrogens with zero attached hydrogens (tertiary/aromatic N) is 3. The summed E-state index contributed by atoms with van der Waals surface area (Å²) in [6, 6.07) is 0. The van der Waals surface area contributed by atoms with Crippen molar-refractivity contribution in [1.29, 1.82) is 0 Å². The van der Waals surface area contributed by atoms with Gasteiger partial charge >= 0.3 is 0 Å². The second-order valence-corrected chi connectivity index (χ2v) is 4.46. The number of hydrogen-bond donors (Lipinski definition) is 0. The van der Waals surface area contributed by atoms with Crippen molar-refractivity contribution >= 4 is 6.29 Å². The summed E-state index contributed by atoms with van der Waals surface area (Å²) in [7, 11) is 2.07. The summed E-state index contributed by atoms with van der Waals surface area (Å²) in [5, 5.41) is 0. The molecule has 0 N–H and O–H groups in total. The monoisotopic (exact) mass is 207 g/mol. The predicted molar refractivity (Wildman–Crippen MR) is 58.0 cm³/mol. The molecule has 0 aromatic carbocycles. The number of carbonyl (C=O) groups is 1. The normalized spacial score (nSPS) is 16.8. The van der Waals surface area contributed by atoms with Crippen LogP contribution in [0, 0.1) is 0 Å². The molecule has 0 saturated heterocycles. The molecule has 0 spiro atoms. The Bertz CT molecular complexity index is 381. The lowest BCUT2D eigenvalue weighted by Crippen LogP contribution is -2.31. The number of hydrogen-bond acceptors (Lipinski definition) is 3. The van der Waals surface area contributed by atoms with Gasteiger partial charge in [-0.05, 0) is 7.05 Å². The first-order valence-electron chi connectivity index (χ1n) is 5.36. The van der Waals surface area contributed by atoms with E-state index in [-0.39, 0.29) is 0 Å². The maximum atomic E-state index is 10.9. The molecule has 0 unspecified atom stereocenters. The third kappa shape index (κ3) is 1.69. The zero-order valence-corrected chi connectivity index (χ0v) is 9.53. The molecule has 4 nitrogen and oxygen atoms in total. The van der Waals surface area contributed by atoms with E-state index < -0.39 is 0 Å². The number of imidazole rings is 1. The molecule has 4 heteroatoms. The minimum atomic E-state index is 0.376. The van der Waals surface area contributed by atoms with Gasteiger partial charge in [0.25, 0.3) is 0 Å². The van der Waals surface area contributed by atoms with Crippen molar-refractivity contribution in [1.82, 2.24) is 14.5 Å². The summed E-state index contributed by atoms with van der Waals surface area (Å²) in [5.41, 5.74) is 1.69. The van der Waals surface area contributed by atoms with E-state index in [1.54, 1.807) is 0 Å². The lowest BCUT2D eigenvalue weighted by molar-refractivity contribution is 0.111. The molecule has 1 aromatic rings. The summed E-state index contributed by atoms with van der Waals surface area (Å²) < 4.78 is 2.20. The highest BCUT2D eigenvalue weighted by Crippen LogP contribution is 2.22. The average molecular weight is 207 g/mol. The molecule has 0 radical (unpaired) electrons. The minimum absolute atomic E-state index is 0.376. The predicted octanol–water partition coefficient (Wildman–Crippen LogP) is 1.26. The Morgan fingerprint density at radius 2 is 2.13 bits per heavy atom. The van der Waals surface area contributed by atoms with Crippen LogP contribution in [0.25, 0.3) is 0 Å². The van der Waals surface area contributed by atoms with Crippen LogP contribution in [0.4, 0.5) is 0 Å². The highest BCUT2D eigenvalue weighted by atomic mass is 16.1. The number of likely N-dealkylation sites (N-methyl/N-ethyl adjacent to an activating group) is 1. The van der Waals surface area contributed by atoms with Crippen molar-refractivity contribution in [2.75, 3.05) is 13.6 Å². The molecule has 0 bridgehead atoms. The van der Waals surface area contributed by atoms with Gasteiger partial charge in [-0.2, -0.15) is 0 Å². The third-order valence-corrected chi connectivity index (χ3v) is 2.89. The maximum Gasteiger partial charge on any atom is 0.170 e. The molecule has 1 aromatic heterocycles. The van der Waals surface area contributed by atoms with Crippen LogP contribution in [-0.4, -0.2) is 34.3 Å². The Morgan fingerprint density at radius 3 is 2.73 bits per heavy atom. The number of aldehydes is 1. The molecule has 1 aliphatic heterocycles. The topological polar surface area (TPSA) is 38.1 Å². The van der Waals surface area contributed by atoms with E-state index in [2.05, 4.69) is 35.3 Å². The van der Waals surface area contributed by atoms with Crippen LogP contribution in [-0.2, 0) is 13.1 Å². The molecular formula is C11H17N3O. The second kappa shape index (κ2) is 3.77. The van der Waals surface area contributed by atoms with Gasteiger partial charge in [-0.1, -0.05) is 13.8 Å². The Kier molecular flexibility index (Phi) is 2.61. The lowest BCUT2D eigenvalue weighted by Gasteiger charge is -2.26. The van der Waals surface area contributed by atoms with E-state index >= 15 is 0 Å². The molecule has 15 heavy (non-hydrogen) atoms. The van der Waals surface area contributed by atoms with Gasteiger partial charge in [-0.15, -0.1) is 0 Å². The molecule has 0 amide bonds. The Hall–Kier alpha value is -1.16. The van der Waals surface area contributed by atoms with Gasteiger partial charge in [0.2, 0.25) is 0 Å². The van der Waals surface area contributed by atoms with Gasteiger partial charge in [0.05, 0.1) is 5.69 Å². The van der Waals surface area contributed by atoms with Crippen LogP contribution in [0.15, 0.2) is 0 Å². The zero-order valence-electron chi connectivity index (χ0n) is 9.53. The molecule has 1 aliphatic rings. The van der Waals surface area contributed by atoms with Gasteiger partial charge in [-0.3, -0.25) is 9.69 Å². The Labute approximate surface area is 89.9 Å². The van der Waals surface area contributed by atoms with Crippen LogP contribution in [0.1, 0.15) is 41.8 Å². The van der Waals surface area contributed by atoms with Crippen molar-refractivity contribution in [2.45, 2.75) is 32.9 Å². The first-order chi connectivity index (χ1) is 7.13. The van der Waals surface area contributed by atoms with Gasteiger partial charge in [0, 0.05) is 25.6 Å². The van der Waals surface area contributed by atoms with Crippen molar-refractivity contribution in [2.24, 2.45) is 0 Å². The van der Waals surface area contributed by atoms with Crippen LogP contribution in [0.3, 0.4) is 0 Å². The fourth-order valence-corrected chi connectivity index (χ4v) is 2.08. The quantitative estimate of drug-likeness (QED) is 0.685. The maximum absolute atomic E-state index is 10.9. The fourth-order valence-electron chi connectivity index (χ4n) is 2.08. The second-order valence-electron chi connectivity index (χ2n) is 4.46. The summed E-state index contributed by atoms with van der Waals surface area (Å²) in [4.78, 5) is 17.6. The summed E-state index contributed by atoms with van der Waals surface area (Å²) in [6.07, 6.45) is 0.872. The van der Waals surface area contributed by atoms with E-state index in [0.29, 0.717) is 11.6 Å². The van der Waals surface area contributed by atoms with E-state index in [9.17, 15) is 4.79 Å². The van der Waals surface area contributed by atoms with Crippen molar-refractivity contribution in [3.05, 3.63) is 17.2 Å². The number of carbonyl (C=O) groups excluding carboxylic acids is 1. The highest BCUT2D eigenvalue weighted by Gasteiger charge is 2.22. The minimum Gasteiger partial charge on any atom is -0.329 e. The SMILES string of the molecule is CC(C)c1nc(C=O)c2n1CCN(C)C2. The fraction of sp³-hybridized carbons (Fsp3) is 0.636. The number of aromatic nitrogens is 2. The molecule has 0 aliphatic carbocycles. The molecule has 0 saturated carbocycles. The molecular weight excluding hydrogens is 190 g/mol. The molecule has 0 atom stereocenters. The Morgan fingerprint density at radius 1 is 1.40 bits per heavy atom. The largest absolute Gasteiger partial charge is 0.329 e. The van der Waals surface area contributed by atoms with Crippen LogP contribution in [0.5, 0.6) is 0 Å².